The van der Waals surface area contributed by atoms with Crippen molar-refractivity contribution in [1.29, 1.82) is 0 Å². The van der Waals surface area contributed by atoms with Crippen LogP contribution in [0.1, 0.15) is 22.1 Å². The molecule has 0 aliphatic rings. The molecule has 21 heavy (non-hydrogen) atoms. The van der Waals surface area contributed by atoms with Crippen LogP contribution >= 0.6 is 22.9 Å². The normalized spacial score (nSPS) is 11.4. The molecule has 3 heterocycles. The molecule has 4 nitrogen and oxygen atoms in total. The average molecular weight is 321 g/mol. The van der Waals surface area contributed by atoms with Crippen LogP contribution in [0.15, 0.2) is 17.6 Å². The molecule has 0 aliphatic carbocycles. The van der Waals surface area contributed by atoms with E-state index in [1.807, 2.05) is 20.0 Å². The monoisotopic (exact) mass is 320 g/mol. The van der Waals surface area contributed by atoms with E-state index in [1.54, 1.807) is 11.3 Å². The molecule has 0 bridgehead atoms. The number of thiazole rings is 1. The molecule has 0 aromatic carbocycles. The second-order valence-electron chi connectivity index (χ2n) is 5.08. The molecule has 0 spiro atoms. The molecule has 0 amide bonds. The Morgan fingerprint density at radius 2 is 2.10 bits per heavy atom. The number of rotatable bonds is 5. The first kappa shape index (κ1) is 14.5. The molecule has 0 radical (unpaired) electrons. The van der Waals surface area contributed by atoms with E-state index >= 15 is 0 Å². The van der Waals surface area contributed by atoms with Crippen LogP contribution < -0.4 is 0 Å². The van der Waals surface area contributed by atoms with E-state index in [1.165, 1.54) is 0 Å². The first-order chi connectivity index (χ1) is 10.2. The zero-order chi connectivity index (χ0) is 14.8. The fourth-order valence-corrected chi connectivity index (χ4v) is 3.23. The molecule has 0 N–H and O–H groups in total. The van der Waals surface area contributed by atoms with Crippen molar-refractivity contribution >= 4 is 34.1 Å². The number of imidazole rings is 1. The molecule has 6 heteroatoms. The summed E-state index contributed by atoms with van der Waals surface area (Å²) in [6.45, 7) is 4.90. The van der Waals surface area contributed by atoms with E-state index in [0.717, 1.165) is 52.6 Å². The first-order valence-corrected chi connectivity index (χ1v) is 8.37. The van der Waals surface area contributed by atoms with E-state index in [9.17, 15) is 0 Å². The van der Waals surface area contributed by atoms with Crippen LogP contribution in [-0.4, -0.2) is 25.4 Å². The molecule has 0 saturated carbocycles. The Hall–Kier alpha value is -1.46. The third-order valence-electron chi connectivity index (χ3n) is 3.38. The molecule has 3 rings (SSSR count). The SMILES string of the molecule is Cc1cnc2c(c1)nc(CCCl)n2CCc1csc(C)n1. The zero-order valence-corrected chi connectivity index (χ0v) is 13.7. The fraction of sp³-hybridized carbons (Fsp3) is 0.400. The molecule has 0 saturated heterocycles. The van der Waals surface area contributed by atoms with Crippen LogP contribution in [0, 0.1) is 13.8 Å². The van der Waals surface area contributed by atoms with E-state index in [2.05, 4.69) is 31.0 Å². The minimum absolute atomic E-state index is 0.568. The van der Waals surface area contributed by atoms with E-state index in [0.29, 0.717) is 5.88 Å². The number of aryl methyl sites for hydroxylation is 5. The summed E-state index contributed by atoms with van der Waals surface area (Å²) < 4.78 is 2.17. The highest BCUT2D eigenvalue weighted by atomic mass is 35.5. The summed E-state index contributed by atoms with van der Waals surface area (Å²) in [6.07, 6.45) is 3.53. The molecular formula is C15H17ClN4S. The van der Waals surface area contributed by atoms with E-state index in [-0.39, 0.29) is 0 Å². The van der Waals surface area contributed by atoms with Crippen LogP contribution in [0.4, 0.5) is 0 Å². The third-order valence-corrected chi connectivity index (χ3v) is 4.39. The number of alkyl halides is 1. The Kier molecular flexibility index (Phi) is 4.22. The van der Waals surface area contributed by atoms with Gasteiger partial charge in [0.05, 0.1) is 10.7 Å². The van der Waals surface area contributed by atoms with Crippen LogP contribution in [0.5, 0.6) is 0 Å². The van der Waals surface area contributed by atoms with Crippen molar-refractivity contribution in [3.63, 3.8) is 0 Å². The topological polar surface area (TPSA) is 43.6 Å². The number of hydrogen-bond donors (Lipinski definition) is 0. The average Bonchev–Trinajstić information content (AvgIpc) is 3.00. The maximum atomic E-state index is 5.90. The lowest BCUT2D eigenvalue weighted by Gasteiger charge is -2.06. The van der Waals surface area contributed by atoms with E-state index in [4.69, 9.17) is 11.6 Å². The van der Waals surface area contributed by atoms with Crippen LogP contribution in [-0.2, 0) is 19.4 Å². The summed E-state index contributed by atoms with van der Waals surface area (Å²) in [4.78, 5) is 13.7. The fourth-order valence-electron chi connectivity index (χ4n) is 2.42. The number of halogens is 1. The lowest BCUT2D eigenvalue weighted by Crippen LogP contribution is -2.08. The summed E-state index contributed by atoms with van der Waals surface area (Å²) in [6, 6.07) is 2.07. The lowest BCUT2D eigenvalue weighted by atomic mass is 10.3. The second-order valence-corrected chi connectivity index (χ2v) is 6.52. The van der Waals surface area contributed by atoms with Crippen LogP contribution in [0.3, 0.4) is 0 Å². The Balaban J connectivity index is 1.92. The van der Waals surface area contributed by atoms with Gasteiger partial charge in [-0.2, -0.15) is 0 Å². The van der Waals surface area contributed by atoms with Gasteiger partial charge in [0.1, 0.15) is 11.3 Å². The zero-order valence-electron chi connectivity index (χ0n) is 12.1. The molecular weight excluding hydrogens is 304 g/mol. The van der Waals surface area contributed by atoms with Crippen molar-refractivity contribution in [1.82, 2.24) is 19.5 Å². The smallest absolute Gasteiger partial charge is 0.160 e. The number of nitrogens with zero attached hydrogens (tertiary/aromatic N) is 4. The maximum absolute atomic E-state index is 5.90. The van der Waals surface area contributed by atoms with Crippen molar-refractivity contribution in [2.45, 2.75) is 33.2 Å². The largest absolute Gasteiger partial charge is 0.312 e. The summed E-state index contributed by atoms with van der Waals surface area (Å²) >= 11 is 7.59. The van der Waals surface area contributed by atoms with Gasteiger partial charge < -0.3 is 4.57 Å². The number of fused-ring (bicyclic) bond motifs is 1. The summed E-state index contributed by atoms with van der Waals surface area (Å²) in [5.41, 5.74) is 4.14. The Morgan fingerprint density at radius 3 is 2.81 bits per heavy atom. The summed E-state index contributed by atoms with van der Waals surface area (Å²) in [7, 11) is 0. The van der Waals surface area contributed by atoms with Gasteiger partial charge in [0.15, 0.2) is 5.65 Å². The van der Waals surface area contributed by atoms with Gasteiger partial charge in [-0.25, -0.2) is 15.0 Å². The standard InChI is InChI=1S/C15H17ClN4S/c1-10-7-13-15(17-8-10)20(14(19-13)3-5-16)6-4-12-9-21-11(2)18-12/h7-9H,3-6H2,1-2H3. The predicted octanol–water partition coefficient (Wildman–Crippen LogP) is 3.53. The van der Waals surface area contributed by atoms with Crippen molar-refractivity contribution in [3.8, 4) is 0 Å². The molecule has 0 aliphatic heterocycles. The van der Waals surface area contributed by atoms with Crippen molar-refractivity contribution < 1.29 is 0 Å². The van der Waals surface area contributed by atoms with Gasteiger partial charge in [-0.3, -0.25) is 0 Å². The van der Waals surface area contributed by atoms with Crippen molar-refractivity contribution in [2.75, 3.05) is 5.88 Å². The molecule has 0 fully saturated rings. The minimum Gasteiger partial charge on any atom is -0.312 e. The Labute approximate surface area is 132 Å². The van der Waals surface area contributed by atoms with Crippen LogP contribution in [0.25, 0.3) is 11.2 Å². The minimum atomic E-state index is 0.568. The number of aromatic nitrogens is 4. The first-order valence-electron chi connectivity index (χ1n) is 6.96. The Bertz CT molecular complexity index is 762. The second kappa shape index (κ2) is 6.12. The van der Waals surface area contributed by atoms with Gasteiger partial charge in [-0.15, -0.1) is 22.9 Å². The van der Waals surface area contributed by atoms with Gasteiger partial charge in [-0.05, 0) is 25.5 Å². The predicted molar refractivity (Wildman–Crippen MR) is 87.2 cm³/mol. The highest BCUT2D eigenvalue weighted by Crippen LogP contribution is 2.17. The van der Waals surface area contributed by atoms with Gasteiger partial charge in [0.25, 0.3) is 0 Å². The lowest BCUT2D eigenvalue weighted by molar-refractivity contribution is 0.662. The maximum Gasteiger partial charge on any atom is 0.160 e. The Morgan fingerprint density at radius 1 is 1.24 bits per heavy atom. The van der Waals surface area contributed by atoms with Gasteiger partial charge >= 0.3 is 0 Å². The molecule has 0 unspecified atom stereocenters. The molecule has 3 aromatic heterocycles. The van der Waals surface area contributed by atoms with Gasteiger partial charge in [-0.1, -0.05) is 0 Å². The number of pyridine rings is 1. The molecule has 0 atom stereocenters. The highest BCUT2D eigenvalue weighted by Gasteiger charge is 2.12. The number of hydrogen-bond acceptors (Lipinski definition) is 4. The van der Waals surface area contributed by atoms with Gasteiger partial charge in [0.2, 0.25) is 0 Å². The highest BCUT2D eigenvalue weighted by molar-refractivity contribution is 7.09. The summed E-state index contributed by atoms with van der Waals surface area (Å²) in [5, 5.41) is 3.22. The van der Waals surface area contributed by atoms with Crippen LogP contribution in [0.2, 0.25) is 0 Å². The quantitative estimate of drug-likeness (QED) is 0.675. The van der Waals surface area contributed by atoms with Crippen molar-refractivity contribution in [2.24, 2.45) is 0 Å². The molecule has 110 valence electrons. The van der Waals surface area contributed by atoms with E-state index < -0.39 is 0 Å². The van der Waals surface area contributed by atoms with Gasteiger partial charge in [0, 0.05) is 36.8 Å². The molecule has 3 aromatic rings. The summed E-state index contributed by atoms with van der Waals surface area (Å²) in [5.74, 6) is 1.57. The third kappa shape index (κ3) is 3.09. The van der Waals surface area contributed by atoms with Crippen molar-refractivity contribution in [3.05, 3.63) is 39.7 Å².